The SMILES string of the molecule is CCC1CCCC(C#N)(Cc2cc(F)ccc2[N+](=O)[O-])C1. The van der Waals surface area contributed by atoms with Gasteiger partial charge in [-0.3, -0.25) is 10.1 Å². The predicted octanol–water partition coefficient (Wildman–Crippen LogP) is 4.39. The summed E-state index contributed by atoms with van der Waals surface area (Å²) in [6.45, 7) is 2.10. The van der Waals surface area contributed by atoms with Crippen LogP contribution in [0.2, 0.25) is 0 Å². The van der Waals surface area contributed by atoms with Gasteiger partial charge in [-0.25, -0.2) is 4.39 Å². The second-order valence-corrected chi connectivity index (χ2v) is 5.97. The summed E-state index contributed by atoms with van der Waals surface area (Å²) in [6, 6.07) is 5.86. The first kappa shape index (κ1) is 15.4. The minimum atomic E-state index is -0.600. The number of nitro groups is 1. The Hall–Kier alpha value is -1.96. The highest BCUT2D eigenvalue weighted by Gasteiger charge is 2.37. The average molecular weight is 290 g/mol. The van der Waals surface area contributed by atoms with Crippen molar-refractivity contribution in [1.29, 1.82) is 5.26 Å². The van der Waals surface area contributed by atoms with Gasteiger partial charge in [-0.1, -0.05) is 26.2 Å². The van der Waals surface area contributed by atoms with Crippen LogP contribution in [0.3, 0.4) is 0 Å². The summed E-state index contributed by atoms with van der Waals surface area (Å²) >= 11 is 0. The van der Waals surface area contributed by atoms with Crippen LogP contribution in [-0.2, 0) is 6.42 Å². The second kappa shape index (κ2) is 6.21. The van der Waals surface area contributed by atoms with Crippen LogP contribution in [0, 0.1) is 38.6 Å². The molecule has 1 aromatic carbocycles. The van der Waals surface area contributed by atoms with Gasteiger partial charge in [0.1, 0.15) is 5.82 Å². The number of hydrogen-bond acceptors (Lipinski definition) is 3. The highest BCUT2D eigenvalue weighted by molar-refractivity contribution is 5.41. The molecule has 0 heterocycles. The van der Waals surface area contributed by atoms with Crippen molar-refractivity contribution < 1.29 is 9.31 Å². The van der Waals surface area contributed by atoms with E-state index in [-0.39, 0.29) is 12.1 Å². The monoisotopic (exact) mass is 290 g/mol. The van der Waals surface area contributed by atoms with Gasteiger partial charge in [-0.15, -0.1) is 0 Å². The number of benzene rings is 1. The van der Waals surface area contributed by atoms with Crippen molar-refractivity contribution in [2.45, 2.75) is 45.4 Å². The summed E-state index contributed by atoms with van der Waals surface area (Å²) in [7, 11) is 0. The summed E-state index contributed by atoms with van der Waals surface area (Å²) in [6.07, 6.45) is 4.80. The van der Waals surface area contributed by atoms with Crippen molar-refractivity contribution in [3.05, 3.63) is 39.7 Å². The Labute approximate surface area is 123 Å². The maximum atomic E-state index is 13.4. The molecule has 5 heteroatoms. The predicted molar refractivity (Wildman–Crippen MR) is 77.1 cm³/mol. The molecule has 0 spiro atoms. The molecule has 1 saturated carbocycles. The second-order valence-electron chi connectivity index (χ2n) is 5.97. The first-order valence-corrected chi connectivity index (χ1v) is 7.34. The maximum absolute atomic E-state index is 13.4. The molecule has 2 atom stereocenters. The summed E-state index contributed by atoms with van der Waals surface area (Å²) in [5, 5.41) is 20.7. The standard InChI is InChI=1S/C16H19FN2O2/c1-2-12-4-3-7-16(9-12,11-18)10-13-8-14(17)5-6-15(13)19(20)21/h5-6,8,12H,2-4,7,9-10H2,1H3. The lowest BCUT2D eigenvalue weighted by atomic mass is 9.67. The van der Waals surface area contributed by atoms with Crippen LogP contribution in [-0.4, -0.2) is 4.92 Å². The molecule has 1 fully saturated rings. The zero-order valence-corrected chi connectivity index (χ0v) is 12.1. The van der Waals surface area contributed by atoms with Gasteiger partial charge in [-0.05, 0) is 37.3 Å². The number of nitriles is 1. The summed E-state index contributed by atoms with van der Waals surface area (Å²) in [5.74, 6) is -0.0162. The molecule has 1 aromatic rings. The molecule has 0 radical (unpaired) electrons. The molecule has 2 rings (SSSR count). The molecule has 1 aliphatic carbocycles. The van der Waals surface area contributed by atoms with Gasteiger partial charge < -0.3 is 0 Å². The summed E-state index contributed by atoms with van der Waals surface area (Å²) in [5.41, 5.74) is -0.361. The molecule has 0 amide bonds. The van der Waals surface area contributed by atoms with E-state index >= 15 is 0 Å². The molecule has 0 bridgehead atoms. The van der Waals surface area contributed by atoms with Gasteiger partial charge in [-0.2, -0.15) is 5.26 Å². The fourth-order valence-corrected chi connectivity index (χ4v) is 3.37. The topological polar surface area (TPSA) is 66.9 Å². The Kier molecular flexibility index (Phi) is 4.56. The fourth-order valence-electron chi connectivity index (χ4n) is 3.37. The van der Waals surface area contributed by atoms with E-state index in [4.69, 9.17) is 0 Å². The van der Waals surface area contributed by atoms with Crippen LogP contribution < -0.4 is 0 Å². The highest BCUT2D eigenvalue weighted by Crippen LogP contribution is 2.43. The van der Waals surface area contributed by atoms with Gasteiger partial charge in [0.2, 0.25) is 0 Å². The first-order chi connectivity index (χ1) is 9.99. The lowest BCUT2D eigenvalue weighted by Crippen LogP contribution is -2.29. The number of rotatable bonds is 4. The molecule has 0 N–H and O–H groups in total. The zero-order valence-electron chi connectivity index (χ0n) is 12.1. The molecule has 0 aromatic heterocycles. The van der Waals surface area contributed by atoms with Crippen LogP contribution in [0.4, 0.5) is 10.1 Å². The third kappa shape index (κ3) is 3.38. The van der Waals surface area contributed by atoms with E-state index in [2.05, 4.69) is 13.0 Å². The largest absolute Gasteiger partial charge is 0.272 e. The first-order valence-electron chi connectivity index (χ1n) is 7.34. The lowest BCUT2D eigenvalue weighted by Gasteiger charge is -2.35. The average Bonchev–Trinajstić information content (AvgIpc) is 2.47. The van der Waals surface area contributed by atoms with Crippen LogP contribution >= 0.6 is 0 Å². The smallest absolute Gasteiger partial charge is 0.258 e. The zero-order chi connectivity index (χ0) is 15.5. The van der Waals surface area contributed by atoms with Gasteiger partial charge in [0, 0.05) is 11.6 Å². The van der Waals surface area contributed by atoms with E-state index in [1.807, 2.05) is 0 Å². The quantitative estimate of drug-likeness (QED) is 0.610. The van der Waals surface area contributed by atoms with Crippen molar-refractivity contribution in [3.8, 4) is 6.07 Å². The van der Waals surface area contributed by atoms with E-state index in [0.29, 0.717) is 11.5 Å². The van der Waals surface area contributed by atoms with E-state index < -0.39 is 16.2 Å². The molecular formula is C16H19FN2O2. The number of hydrogen-bond donors (Lipinski definition) is 0. The van der Waals surface area contributed by atoms with Gasteiger partial charge in [0.25, 0.3) is 5.69 Å². The Bertz CT molecular complexity index is 582. The Morgan fingerprint density at radius 1 is 1.57 bits per heavy atom. The molecular weight excluding hydrogens is 271 g/mol. The molecule has 0 saturated heterocycles. The fraction of sp³-hybridized carbons (Fsp3) is 0.562. The normalized spacial score (nSPS) is 25.3. The van der Waals surface area contributed by atoms with Crippen molar-refractivity contribution in [2.75, 3.05) is 0 Å². The number of nitrogens with zero attached hydrogens (tertiary/aromatic N) is 2. The highest BCUT2D eigenvalue weighted by atomic mass is 19.1. The van der Waals surface area contributed by atoms with Crippen LogP contribution in [0.1, 0.15) is 44.6 Å². The summed E-state index contributed by atoms with van der Waals surface area (Å²) < 4.78 is 13.4. The molecule has 21 heavy (non-hydrogen) atoms. The van der Waals surface area contributed by atoms with Crippen LogP contribution in [0.15, 0.2) is 18.2 Å². The van der Waals surface area contributed by atoms with Crippen LogP contribution in [0.5, 0.6) is 0 Å². The van der Waals surface area contributed by atoms with Crippen molar-refractivity contribution >= 4 is 5.69 Å². The minimum Gasteiger partial charge on any atom is -0.258 e. The van der Waals surface area contributed by atoms with E-state index in [9.17, 15) is 19.8 Å². The molecule has 1 aliphatic rings. The minimum absolute atomic E-state index is 0.0929. The summed E-state index contributed by atoms with van der Waals surface area (Å²) in [4.78, 5) is 10.6. The Balaban J connectivity index is 2.32. The molecule has 112 valence electrons. The van der Waals surface area contributed by atoms with Gasteiger partial charge in [0.15, 0.2) is 0 Å². The molecule has 2 unspecified atom stereocenters. The molecule has 0 aliphatic heterocycles. The third-order valence-corrected chi connectivity index (χ3v) is 4.53. The Morgan fingerprint density at radius 2 is 2.33 bits per heavy atom. The number of halogens is 1. The van der Waals surface area contributed by atoms with Gasteiger partial charge in [0.05, 0.1) is 16.4 Å². The molecule has 4 nitrogen and oxygen atoms in total. The van der Waals surface area contributed by atoms with E-state index in [1.54, 1.807) is 0 Å². The van der Waals surface area contributed by atoms with Crippen molar-refractivity contribution in [1.82, 2.24) is 0 Å². The lowest BCUT2D eigenvalue weighted by molar-refractivity contribution is -0.385. The van der Waals surface area contributed by atoms with Crippen molar-refractivity contribution in [2.24, 2.45) is 11.3 Å². The Morgan fingerprint density at radius 3 is 2.95 bits per heavy atom. The van der Waals surface area contributed by atoms with Gasteiger partial charge >= 0.3 is 0 Å². The maximum Gasteiger partial charge on any atom is 0.272 e. The van der Waals surface area contributed by atoms with E-state index in [0.717, 1.165) is 38.2 Å². The van der Waals surface area contributed by atoms with Crippen LogP contribution in [0.25, 0.3) is 0 Å². The van der Waals surface area contributed by atoms with E-state index in [1.165, 1.54) is 12.1 Å². The van der Waals surface area contributed by atoms with Crippen molar-refractivity contribution in [3.63, 3.8) is 0 Å². The number of nitro benzene ring substituents is 1. The third-order valence-electron chi connectivity index (χ3n) is 4.53.